The standard InChI is InChI=1S/C21H32O2/c1-19-9-7-14(22)11-13(19)3-4-15-16(19)8-10-21-12-20(2,23)18(21)6-5-17(15)21/h3,14-18,22-23H,4-12H2,1-2H3/t14-,15-,16+,17+,18-,19+,20+,21-/m1/s1. The topological polar surface area (TPSA) is 40.5 Å². The van der Waals surface area contributed by atoms with E-state index in [2.05, 4.69) is 19.9 Å². The molecule has 23 heavy (non-hydrogen) atoms. The molecule has 0 radical (unpaired) electrons. The van der Waals surface area contributed by atoms with Crippen molar-refractivity contribution in [3.05, 3.63) is 11.6 Å². The number of allylic oxidation sites excluding steroid dienone is 1. The Labute approximate surface area is 140 Å². The van der Waals surface area contributed by atoms with Gasteiger partial charge in [-0.3, -0.25) is 0 Å². The van der Waals surface area contributed by atoms with E-state index in [1.165, 1.54) is 38.5 Å². The van der Waals surface area contributed by atoms with E-state index in [0.29, 0.717) is 16.7 Å². The Morgan fingerprint density at radius 3 is 2.65 bits per heavy atom. The summed E-state index contributed by atoms with van der Waals surface area (Å²) in [6.07, 6.45) is 13.1. The van der Waals surface area contributed by atoms with Crippen LogP contribution in [0.4, 0.5) is 0 Å². The largest absolute Gasteiger partial charge is 0.393 e. The van der Waals surface area contributed by atoms with E-state index in [0.717, 1.165) is 37.0 Å². The highest BCUT2D eigenvalue weighted by Gasteiger charge is 2.69. The second-order valence-electron chi connectivity index (χ2n) is 10.1. The second-order valence-corrected chi connectivity index (χ2v) is 10.1. The molecule has 0 aromatic heterocycles. The molecule has 0 bridgehead atoms. The van der Waals surface area contributed by atoms with Crippen molar-refractivity contribution in [1.82, 2.24) is 0 Å². The van der Waals surface area contributed by atoms with Crippen molar-refractivity contribution >= 4 is 0 Å². The fourth-order valence-electron chi connectivity index (χ4n) is 8.38. The van der Waals surface area contributed by atoms with Gasteiger partial charge in [-0.25, -0.2) is 0 Å². The summed E-state index contributed by atoms with van der Waals surface area (Å²) >= 11 is 0. The van der Waals surface area contributed by atoms with Gasteiger partial charge in [0.2, 0.25) is 0 Å². The summed E-state index contributed by atoms with van der Waals surface area (Å²) in [5.74, 6) is 3.10. The van der Waals surface area contributed by atoms with Crippen molar-refractivity contribution in [2.75, 3.05) is 0 Å². The average Bonchev–Trinajstić information content (AvgIpc) is 2.82. The minimum Gasteiger partial charge on any atom is -0.393 e. The highest BCUT2D eigenvalue weighted by atomic mass is 16.3. The fourth-order valence-corrected chi connectivity index (χ4v) is 8.38. The van der Waals surface area contributed by atoms with Gasteiger partial charge in [0, 0.05) is 0 Å². The zero-order valence-corrected chi connectivity index (χ0v) is 14.7. The van der Waals surface area contributed by atoms with Crippen molar-refractivity contribution in [1.29, 1.82) is 0 Å². The lowest BCUT2D eigenvalue weighted by Gasteiger charge is -2.65. The van der Waals surface area contributed by atoms with Crippen LogP contribution in [0.1, 0.15) is 71.6 Å². The number of hydrogen-bond acceptors (Lipinski definition) is 2. The molecule has 5 aliphatic carbocycles. The molecule has 1 spiro atoms. The van der Waals surface area contributed by atoms with Crippen molar-refractivity contribution in [2.24, 2.45) is 34.5 Å². The predicted octanol–water partition coefficient (Wildman–Crippen LogP) is 4.06. The highest BCUT2D eigenvalue weighted by molar-refractivity contribution is 5.27. The van der Waals surface area contributed by atoms with Crippen LogP contribution in [-0.2, 0) is 0 Å². The van der Waals surface area contributed by atoms with E-state index in [9.17, 15) is 10.2 Å². The summed E-state index contributed by atoms with van der Waals surface area (Å²) in [6, 6.07) is 0. The van der Waals surface area contributed by atoms with E-state index in [4.69, 9.17) is 0 Å². The zero-order valence-electron chi connectivity index (χ0n) is 14.7. The molecule has 0 saturated heterocycles. The Morgan fingerprint density at radius 1 is 1.04 bits per heavy atom. The van der Waals surface area contributed by atoms with Crippen LogP contribution >= 0.6 is 0 Å². The van der Waals surface area contributed by atoms with Crippen molar-refractivity contribution in [3.8, 4) is 0 Å². The molecule has 128 valence electrons. The van der Waals surface area contributed by atoms with Crippen LogP contribution in [-0.4, -0.2) is 21.9 Å². The van der Waals surface area contributed by atoms with Crippen molar-refractivity contribution in [3.63, 3.8) is 0 Å². The minimum atomic E-state index is -0.379. The molecular formula is C21H32O2. The van der Waals surface area contributed by atoms with Crippen LogP contribution < -0.4 is 0 Å². The van der Waals surface area contributed by atoms with Crippen LogP contribution in [0, 0.1) is 34.5 Å². The molecule has 0 aromatic rings. The molecule has 0 aromatic carbocycles. The molecule has 0 aliphatic heterocycles. The minimum absolute atomic E-state index is 0.0987. The molecule has 2 nitrogen and oxygen atoms in total. The second kappa shape index (κ2) is 4.43. The number of rotatable bonds is 0. The van der Waals surface area contributed by atoms with Gasteiger partial charge < -0.3 is 10.2 Å². The lowest BCUT2D eigenvalue weighted by molar-refractivity contribution is -0.213. The van der Waals surface area contributed by atoms with Crippen LogP contribution in [0.3, 0.4) is 0 Å². The van der Waals surface area contributed by atoms with Gasteiger partial charge in [-0.05, 0) is 99.2 Å². The lowest BCUT2D eigenvalue weighted by atomic mass is 9.41. The maximum Gasteiger partial charge on any atom is 0.0658 e. The third kappa shape index (κ3) is 1.73. The van der Waals surface area contributed by atoms with E-state index in [1.54, 1.807) is 5.57 Å². The first-order valence-corrected chi connectivity index (χ1v) is 9.97. The Morgan fingerprint density at radius 2 is 1.87 bits per heavy atom. The highest BCUT2D eigenvalue weighted by Crippen LogP contribution is 2.74. The summed E-state index contributed by atoms with van der Waals surface area (Å²) in [5, 5.41) is 20.7. The molecule has 8 atom stereocenters. The lowest BCUT2D eigenvalue weighted by Crippen LogP contribution is -2.63. The smallest absolute Gasteiger partial charge is 0.0658 e. The van der Waals surface area contributed by atoms with Gasteiger partial charge in [0.05, 0.1) is 11.7 Å². The SMILES string of the molecule is C[C@]1(O)C[C@]23CC[C@H]4[C@@H](CC=C5C[C@H](O)CC[C@@]54C)[C@@H]2CC[C@@H]31. The average molecular weight is 316 g/mol. The first-order valence-electron chi connectivity index (χ1n) is 9.97. The molecule has 4 saturated carbocycles. The number of aliphatic hydroxyl groups is 2. The number of aliphatic hydroxyl groups excluding tert-OH is 1. The maximum atomic E-state index is 10.6. The predicted molar refractivity (Wildman–Crippen MR) is 90.8 cm³/mol. The molecule has 2 heteroatoms. The third-order valence-electron chi connectivity index (χ3n) is 9.23. The molecule has 0 unspecified atom stereocenters. The first-order chi connectivity index (χ1) is 10.9. The Balaban J connectivity index is 1.48. The van der Waals surface area contributed by atoms with Gasteiger partial charge in [-0.1, -0.05) is 18.6 Å². The van der Waals surface area contributed by atoms with Gasteiger partial charge in [0.15, 0.2) is 0 Å². The van der Waals surface area contributed by atoms with Crippen LogP contribution in [0.5, 0.6) is 0 Å². The quantitative estimate of drug-likeness (QED) is 0.662. The number of fused-ring (bicyclic) bond motifs is 4. The first kappa shape index (κ1) is 15.0. The number of hydrogen-bond donors (Lipinski definition) is 2. The van der Waals surface area contributed by atoms with Gasteiger partial charge >= 0.3 is 0 Å². The van der Waals surface area contributed by atoms with Gasteiger partial charge in [-0.2, -0.15) is 0 Å². The Hall–Kier alpha value is -0.340. The Kier molecular flexibility index (Phi) is 2.88. The van der Waals surface area contributed by atoms with Crippen LogP contribution in [0.2, 0.25) is 0 Å². The van der Waals surface area contributed by atoms with Crippen molar-refractivity contribution < 1.29 is 10.2 Å². The Bertz CT molecular complexity index is 564. The summed E-state index contributed by atoms with van der Waals surface area (Å²) in [7, 11) is 0. The summed E-state index contributed by atoms with van der Waals surface area (Å²) < 4.78 is 0. The zero-order chi connectivity index (χ0) is 16.0. The normalized spacial score (nSPS) is 60.7. The van der Waals surface area contributed by atoms with Gasteiger partial charge in [0.25, 0.3) is 0 Å². The van der Waals surface area contributed by atoms with Gasteiger partial charge in [0.1, 0.15) is 0 Å². The molecule has 0 heterocycles. The van der Waals surface area contributed by atoms with Crippen molar-refractivity contribution in [2.45, 2.75) is 83.3 Å². The molecule has 4 fully saturated rings. The van der Waals surface area contributed by atoms with E-state index in [-0.39, 0.29) is 11.7 Å². The third-order valence-corrected chi connectivity index (χ3v) is 9.23. The summed E-state index contributed by atoms with van der Waals surface area (Å²) in [5.41, 5.74) is 2.04. The van der Waals surface area contributed by atoms with E-state index < -0.39 is 0 Å². The fraction of sp³-hybridized carbons (Fsp3) is 0.905. The van der Waals surface area contributed by atoms with Gasteiger partial charge in [-0.15, -0.1) is 0 Å². The summed E-state index contributed by atoms with van der Waals surface area (Å²) in [6.45, 7) is 4.59. The summed E-state index contributed by atoms with van der Waals surface area (Å²) in [4.78, 5) is 0. The monoisotopic (exact) mass is 316 g/mol. The molecule has 5 rings (SSSR count). The molecule has 0 amide bonds. The molecule has 2 N–H and O–H groups in total. The van der Waals surface area contributed by atoms with E-state index in [1.807, 2.05) is 0 Å². The van der Waals surface area contributed by atoms with Crippen LogP contribution in [0.15, 0.2) is 11.6 Å². The molecular weight excluding hydrogens is 284 g/mol. The maximum absolute atomic E-state index is 10.6. The van der Waals surface area contributed by atoms with Crippen LogP contribution in [0.25, 0.3) is 0 Å². The van der Waals surface area contributed by atoms with E-state index >= 15 is 0 Å². The molecule has 5 aliphatic rings.